The lowest BCUT2D eigenvalue weighted by Gasteiger charge is -2.31. The van der Waals surface area contributed by atoms with E-state index in [1.165, 1.54) is 0 Å². The molecule has 0 bridgehead atoms. The van der Waals surface area contributed by atoms with Gasteiger partial charge in [0.1, 0.15) is 0 Å². The zero-order chi connectivity index (χ0) is 14.5. The fourth-order valence-corrected chi connectivity index (χ4v) is 1.92. The minimum Gasteiger partial charge on any atom is -0.297 e. The molecule has 1 nitrogen and oxygen atoms in total. The lowest BCUT2D eigenvalue weighted by atomic mass is 10.7. The Kier molecular flexibility index (Phi) is 3.61. The van der Waals surface area contributed by atoms with Crippen molar-refractivity contribution in [3.05, 3.63) is 0 Å². The average Bonchev–Trinajstić information content (AvgIpc) is 1.95. The van der Waals surface area contributed by atoms with Gasteiger partial charge in [0, 0.05) is 0 Å². The number of hydrogen-bond acceptors (Lipinski definition) is 1. The summed E-state index contributed by atoms with van der Waals surface area (Å²) in [5.74, 6) is -14.5. The molecule has 0 aromatic rings. The maximum atomic E-state index is 12.1. The van der Waals surface area contributed by atoms with E-state index in [9.17, 15) is 52.9 Å². The van der Waals surface area contributed by atoms with Crippen molar-refractivity contribution in [2.75, 3.05) is 0 Å². The molecular weight excluding hydrogens is 304 g/mol. The Morgan fingerprint density at radius 1 is 0.588 bits per heavy atom. The van der Waals surface area contributed by atoms with Crippen LogP contribution in [0.2, 0.25) is 0 Å². The van der Waals surface area contributed by atoms with Crippen LogP contribution in [-0.2, 0) is 4.57 Å². The monoisotopic (exact) mass is 304 g/mol. The molecule has 0 saturated heterocycles. The second-order valence-electron chi connectivity index (χ2n) is 2.58. The van der Waals surface area contributed by atoms with E-state index < -0.39 is 30.8 Å². The van der Waals surface area contributed by atoms with Gasteiger partial charge in [-0.3, -0.25) is 4.57 Å². The van der Waals surface area contributed by atoms with E-state index in [2.05, 4.69) is 0 Å². The topological polar surface area (TPSA) is 17.1 Å². The van der Waals surface area contributed by atoms with Gasteiger partial charge in [-0.2, -0.15) is 48.3 Å². The van der Waals surface area contributed by atoms with Crippen LogP contribution in [0.15, 0.2) is 0 Å². The predicted octanol–water partition coefficient (Wildman–Crippen LogP) is 4.54. The van der Waals surface area contributed by atoms with Crippen LogP contribution in [0.25, 0.3) is 0 Å². The van der Waals surface area contributed by atoms with Crippen LogP contribution < -0.4 is 0 Å². The summed E-state index contributed by atoms with van der Waals surface area (Å²) < 4.78 is 139. The van der Waals surface area contributed by atoms with Crippen LogP contribution in [0, 0.1) is 0 Å². The highest BCUT2D eigenvalue weighted by Crippen LogP contribution is 2.81. The van der Waals surface area contributed by atoms with Crippen LogP contribution in [0.5, 0.6) is 0 Å². The van der Waals surface area contributed by atoms with E-state index in [1.807, 2.05) is 0 Å². The first-order chi connectivity index (χ1) is 7.00. The summed E-state index contributed by atoms with van der Waals surface area (Å²) in [6.07, 6.45) is -7.24. The summed E-state index contributed by atoms with van der Waals surface area (Å²) in [4.78, 5) is 0. The average molecular weight is 304 g/mol. The van der Waals surface area contributed by atoms with E-state index in [-0.39, 0.29) is 0 Å². The number of rotatable bonds is 1. The van der Waals surface area contributed by atoms with Crippen molar-refractivity contribution in [3.63, 3.8) is 0 Å². The Bertz CT molecular complexity index is 313. The Morgan fingerprint density at radius 2 is 0.824 bits per heavy atom. The van der Waals surface area contributed by atoms with Crippen molar-refractivity contribution < 1.29 is 52.9 Å². The maximum Gasteiger partial charge on any atom is 0.461 e. The molecule has 104 valence electrons. The maximum absolute atomic E-state index is 12.1. The van der Waals surface area contributed by atoms with Gasteiger partial charge in [0.2, 0.25) is 0 Å². The smallest absolute Gasteiger partial charge is 0.297 e. The normalized spacial score (nSPS) is 16.2. The fourth-order valence-electron chi connectivity index (χ4n) is 0.641. The highest BCUT2D eigenvalue weighted by atomic mass is 31.2. The highest BCUT2D eigenvalue weighted by Gasteiger charge is 2.87. The van der Waals surface area contributed by atoms with Crippen molar-refractivity contribution in [1.29, 1.82) is 0 Å². The van der Waals surface area contributed by atoms with Crippen molar-refractivity contribution in [1.82, 2.24) is 0 Å². The third-order valence-corrected chi connectivity index (χ3v) is 3.92. The zero-order valence-electron chi connectivity index (χ0n) is 7.01. The first-order valence-corrected chi connectivity index (χ1v) is 4.89. The van der Waals surface area contributed by atoms with Crippen LogP contribution in [0.3, 0.4) is 0 Å². The standard InChI is InChI=1S/C4F11OP/c5-1(6,7)2(8,9)17(16,3(10,11)12)4(13,14)15. The molecule has 0 amide bonds. The minimum absolute atomic E-state index is 7.24. The molecule has 0 spiro atoms. The lowest BCUT2D eigenvalue weighted by molar-refractivity contribution is -0.254. The Morgan fingerprint density at radius 3 is 0.882 bits per heavy atom. The summed E-state index contributed by atoms with van der Waals surface area (Å²) in [5, 5.41) is 0. The molecule has 0 N–H and O–H groups in total. The molecule has 0 rings (SSSR count). The molecule has 0 unspecified atom stereocenters. The summed E-state index contributed by atoms with van der Waals surface area (Å²) in [6, 6.07) is 0. The molecule has 0 aliphatic heterocycles. The third-order valence-electron chi connectivity index (χ3n) is 1.45. The van der Waals surface area contributed by atoms with Crippen molar-refractivity contribution in [2.45, 2.75) is 23.7 Å². The van der Waals surface area contributed by atoms with E-state index >= 15 is 0 Å². The summed E-state index contributed by atoms with van der Waals surface area (Å²) in [6.45, 7) is 0. The highest BCUT2D eigenvalue weighted by molar-refractivity contribution is 7.67. The van der Waals surface area contributed by atoms with E-state index in [4.69, 9.17) is 0 Å². The zero-order valence-corrected chi connectivity index (χ0v) is 7.91. The first-order valence-electron chi connectivity index (χ1n) is 3.18. The second kappa shape index (κ2) is 3.72. The molecule has 0 saturated carbocycles. The van der Waals surface area contributed by atoms with Gasteiger partial charge in [-0.25, -0.2) is 0 Å². The van der Waals surface area contributed by atoms with E-state index in [1.54, 1.807) is 0 Å². The molecule has 17 heavy (non-hydrogen) atoms. The van der Waals surface area contributed by atoms with Gasteiger partial charge in [-0.05, 0) is 0 Å². The van der Waals surface area contributed by atoms with Gasteiger partial charge in [-0.15, -0.1) is 0 Å². The molecule has 0 aromatic heterocycles. The fraction of sp³-hybridized carbons (Fsp3) is 1.00. The molecule has 0 fully saturated rings. The van der Waals surface area contributed by atoms with Gasteiger partial charge in [-0.1, -0.05) is 0 Å². The summed E-state index contributed by atoms with van der Waals surface area (Å²) in [5.41, 5.74) is -7.43. The van der Waals surface area contributed by atoms with Gasteiger partial charge in [0.05, 0.1) is 0 Å². The number of alkyl halides is 11. The molecule has 0 aromatic carbocycles. The SMILES string of the molecule is O=P(C(F)(F)F)(C(F)(F)F)C(F)(F)C(F)(F)F. The first kappa shape index (κ1) is 16.5. The summed E-state index contributed by atoms with van der Waals surface area (Å²) >= 11 is 0. The van der Waals surface area contributed by atoms with Crippen molar-refractivity contribution >= 4 is 7.14 Å². The Balaban J connectivity index is 6.15. The predicted molar refractivity (Wildman–Crippen MR) is 30.7 cm³/mol. The van der Waals surface area contributed by atoms with Gasteiger partial charge >= 0.3 is 30.8 Å². The second-order valence-corrected chi connectivity index (χ2v) is 5.38. The molecule has 0 aliphatic carbocycles. The quantitative estimate of drug-likeness (QED) is 0.513. The number of halogens is 11. The molecule has 0 radical (unpaired) electrons. The molecule has 13 heteroatoms. The number of hydrogen-bond donors (Lipinski definition) is 0. The van der Waals surface area contributed by atoms with Crippen molar-refractivity contribution in [3.8, 4) is 0 Å². The van der Waals surface area contributed by atoms with Crippen LogP contribution >= 0.6 is 7.14 Å². The van der Waals surface area contributed by atoms with E-state index in [0.717, 1.165) is 0 Å². The Labute approximate surface area is 84.9 Å². The molecule has 0 aliphatic rings. The van der Waals surface area contributed by atoms with Gasteiger partial charge < -0.3 is 0 Å². The largest absolute Gasteiger partial charge is 0.461 e. The minimum atomic E-state index is -8.87. The van der Waals surface area contributed by atoms with E-state index in [0.29, 0.717) is 0 Å². The van der Waals surface area contributed by atoms with Gasteiger partial charge in [0.25, 0.3) is 0 Å². The molecular formula is C4F11OP. The van der Waals surface area contributed by atoms with Gasteiger partial charge in [0.15, 0.2) is 0 Å². The lowest BCUT2D eigenvalue weighted by Crippen LogP contribution is -2.44. The summed E-state index contributed by atoms with van der Waals surface area (Å²) in [7, 11) is -8.87. The Hall–Kier alpha value is -0.540. The van der Waals surface area contributed by atoms with Crippen LogP contribution in [-0.4, -0.2) is 23.7 Å². The molecule has 0 atom stereocenters. The van der Waals surface area contributed by atoms with Crippen LogP contribution in [0.1, 0.15) is 0 Å². The third kappa shape index (κ3) is 2.23. The van der Waals surface area contributed by atoms with Crippen molar-refractivity contribution in [2.24, 2.45) is 0 Å². The van der Waals surface area contributed by atoms with Crippen LogP contribution in [0.4, 0.5) is 48.3 Å². The molecule has 0 heterocycles.